The van der Waals surface area contributed by atoms with Crippen LogP contribution in [0.5, 0.6) is 0 Å². The predicted octanol–water partition coefficient (Wildman–Crippen LogP) is 0.984. The Morgan fingerprint density at radius 1 is 1.62 bits per heavy atom. The summed E-state index contributed by atoms with van der Waals surface area (Å²) in [5, 5.41) is 12.8. The molecule has 3 nitrogen and oxygen atoms in total. The van der Waals surface area contributed by atoms with E-state index < -0.39 is 5.60 Å². The van der Waals surface area contributed by atoms with E-state index in [4.69, 9.17) is 0 Å². The fourth-order valence-electron chi connectivity index (χ4n) is 1.16. The molecule has 0 aromatic heterocycles. The van der Waals surface area contributed by atoms with Crippen molar-refractivity contribution < 1.29 is 9.90 Å². The largest absolute Gasteiger partial charge is 0.388 e. The highest BCUT2D eigenvalue weighted by Crippen LogP contribution is 2.13. The molecule has 1 rings (SSSR count). The number of nitrogens with one attached hydrogen (secondary N) is 1. The zero-order valence-electron chi connectivity index (χ0n) is 8.26. The molecule has 1 aliphatic carbocycles. The standard InChI is InChI=1S/C10H17NO2/c1-3-10(2,13)7-11-8-4-5-9(12)6-8/h6,11,13H,3-5,7H2,1-2H3. The van der Waals surface area contributed by atoms with Crippen LogP contribution in [-0.4, -0.2) is 23.0 Å². The summed E-state index contributed by atoms with van der Waals surface area (Å²) in [5.74, 6) is 0.179. The Kier molecular flexibility index (Phi) is 3.09. The van der Waals surface area contributed by atoms with Crippen molar-refractivity contribution in [3.05, 3.63) is 11.8 Å². The minimum Gasteiger partial charge on any atom is -0.388 e. The average Bonchev–Trinajstić information content (AvgIpc) is 2.48. The summed E-state index contributed by atoms with van der Waals surface area (Å²) in [5.41, 5.74) is 0.283. The second-order valence-electron chi connectivity index (χ2n) is 3.84. The van der Waals surface area contributed by atoms with Crippen molar-refractivity contribution in [3.8, 4) is 0 Å². The van der Waals surface area contributed by atoms with E-state index in [2.05, 4.69) is 5.32 Å². The highest BCUT2D eigenvalue weighted by molar-refractivity contribution is 5.92. The van der Waals surface area contributed by atoms with Crippen molar-refractivity contribution >= 4 is 5.78 Å². The molecule has 2 N–H and O–H groups in total. The van der Waals surface area contributed by atoms with Crippen LogP contribution in [0.3, 0.4) is 0 Å². The van der Waals surface area contributed by atoms with Crippen LogP contribution >= 0.6 is 0 Å². The first-order valence-electron chi connectivity index (χ1n) is 4.73. The van der Waals surface area contributed by atoms with Gasteiger partial charge in [-0.05, 0) is 19.8 Å². The van der Waals surface area contributed by atoms with Crippen molar-refractivity contribution in [2.24, 2.45) is 0 Å². The van der Waals surface area contributed by atoms with Gasteiger partial charge in [0.15, 0.2) is 5.78 Å². The molecule has 0 radical (unpaired) electrons. The summed E-state index contributed by atoms with van der Waals surface area (Å²) in [6.45, 7) is 4.25. The zero-order valence-corrected chi connectivity index (χ0v) is 8.26. The molecule has 0 saturated carbocycles. The highest BCUT2D eigenvalue weighted by atomic mass is 16.3. The quantitative estimate of drug-likeness (QED) is 0.683. The van der Waals surface area contributed by atoms with Gasteiger partial charge in [-0.1, -0.05) is 6.92 Å². The Morgan fingerprint density at radius 3 is 2.77 bits per heavy atom. The average molecular weight is 183 g/mol. The van der Waals surface area contributed by atoms with Gasteiger partial charge in [-0.2, -0.15) is 0 Å². The molecule has 3 heteroatoms. The smallest absolute Gasteiger partial charge is 0.157 e. The molecule has 0 aromatic carbocycles. The summed E-state index contributed by atoms with van der Waals surface area (Å²) in [6.07, 6.45) is 3.74. The third kappa shape index (κ3) is 3.19. The minimum atomic E-state index is -0.674. The van der Waals surface area contributed by atoms with E-state index in [0.29, 0.717) is 19.4 Å². The van der Waals surface area contributed by atoms with Crippen LogP contribution in [0.25, 0.3) is 0 Å². The van der Waals surface area contributed by atoms with Crippen molar-refractivity contribution in [2.75, 3.05) is 6.54 Å². The van der Waals surface area contributed by atoms with Crippen molar-refractivity contribution in [1.82, 2.24) is 5.32 Å². The van der Waals surface area contributed by atoms with Gasteiger partial charge in [0, 0.05) is 24.7 Å². The first-order chi connectivity index (χ1) is 6.03. The fourth-order valence-corrected chi connectivity index (χ4v) is 1.16. The first-order valence-corrected chi connectivity index (χ1v) is 4.73. The van der Waals surface area contributed by atoms with Gasteiger partial charge >= 0.3 is 0 Å². The summed E-state index contributed by atoms with van der Waals surface area (Å²) < 4.78 is 0. The van der Waals surface area contributed by atoms with E-state index in [1.807, 2.05) is 6.92 Å². The molecule has 0 saturated heterocycles. The van der Waals surface area contributed by atoms with Crippen molar-refractivity contribution in [1.29, 1.82) is 0 Å². The molecule has 0 spiro atoms. The Labute approximate surface area is 78.8 Å². The number of ketones is 1. The molecule has 1 aliphatic rings. The molecule has 1 atom stereocenters. The lowest BCUT2D eigenvalue weighted by Crippen LogP contribution is -2.36. The number of allylic oxidation sites excluding steroid dienone is 2. The molecule has 0 bridgehead atoms. The Bertz CT molecular complexity index is 231. The van der Waals surface area contributed by atoms with E-state index in [-0.39, 0.29) is 5.78 Å². The van der Waals surface area contributed by atoms with Crippen LogP contribution in [0.2, 0.25) is 0 Å². The monoisotopic (exact) mass is 183 g/mol. The van der Waals surface area contributed by atoms with E-state index in [9.17, 15) is 9.90 Å². The van der Waals surface area contributed by atoms with Crippen molar-refractivity contribution in [2.45, 2.75) is 38.7 Å². The van der Waals surface area contributed by atoms with Crippen LogP contribution in [0.4, 0.5) is 0 Å². The molecule has 0 aromatic rings. The second kappa shape index (κ2) is 3.92. The summed E-state index contributed by atoms with van der Waals surface area (Å²) >= 11 is 0. The highest BCUT2D eigenvalue weighted by Gasteiger charge is 2.19. The van der Waals surface area contributed by atoms with Crippen LogP contribution < -0.4 is 5.32 Å². The topological polar surface area (TPSA) is 49.3 Å². The zero-order chi connectivity index (χ0) is 9.90. The van der Waals surface area contributed by atoms with Gasteiger partial charge in [-0.15, -0.1) is 0 Å². The van der Waals surface area contributed by atoms with Crippen molar-refractivity contribution in [3.63, 3.8) is 0 Å². The molecule has 74 valence electrons. The van der Waals surface area contributed by atoms with Gasteiger partial charge in [-0.3, -0.25) is 4.79 Å². The van der Waals surface area contributed by atoms with Crippen LogP contribution in [0, 0.1) is 0 Å². The van der Waals surface area contributed by atoms with Crippen LogP contribution in [0.15, 0.2) is 11.8 Å². The summed E-state index contributed by atoms with van der Waals surface area (Å²) in [7, 11) is 0. The molecule has 0 fully saturated rings. The Hall–Kier alpha value is -0.830. The van der Waals surface area contributed by atoms with Gasteiger partial charge in [0.2, 0.25) is 0 Å². The predicted molar refractivity (Wildman–Crippen MR) is 51.2 cm³/mol. The third-order valence-electron chi connectivity index (χ3n) is 2.43. The minimum absolute atomic E-state index is 0.179. The number of rotatable bonds is 4. The third-order valence-corrected chi connectivity index (χ3v) is 2.43. The van der Waals surface area contributed by atoms with Crippen LogP contribution in [-0.2, 0) is 4.79 Å². The summed E-state index contributed by atoms with van der Waals surface area (Å²) in [4.78, 5) is 10.9. The molecule has 0 aliphatic heterocycles. The first kappa shape index (κ1) is 10.3. The van der Waals surface area contributed by atoms with E-state index in [1.54, 1.807) is 13.0 Å². The number of carbonyl (C=O) groups excluding carboxylic acids is 1. The lowest BCUT2D eigenvalue weighted by atomic mass is 10.0. The van der Waals surface area contributed by atoms with Gasteiger partial charge in [-0.25, -0.2) is 0 Å². The van der Waals surface area contributed by atoms with E-state index >= 15 is 0 Å². The van der Waals surface area contributed by atoms with Gasteiger partial charge in [0.25, 0.3) is 0 Å². The summed E-state index contributed by atoms with van der Waals surface area (Å²) in [6, 6.07) is 0. The molecule has 0 amide bonds. The number of hydrogen-bond acceptors (Lipinski definition) is 3. The lowest BCUT2D eigenvalue weighted by molar-refractivity contribution is -0.114. The van der Waals surface area contributed by atoms with Gasteiger partial charge in [0.05, 0.1) is 5.60 Å². The molecule has 13 heavy (non-hydrogen) atoms. The maximum absolute atomic E-state index is 10.9. The maximum Gasteiger partial charge on any atom is 0.157 e. The van der Waals surface area contributed by atoms with Crippen LogP contribution in [0.1, 0.15) is 33.1 Å². The molecule has 1 unspecified atom stereocenters. The Morgan fingerprint density at radius 2 is 2.31 bits per heavy atom. The maximum atomic E-state index is 10.9. The fraction of sp³-hybridized carbons (Fsp3) is 0.700. The number of hydrogen-bond donors (Lipinski definition) is 2. The van der Waals surface area contributed by atoms with E-state index in [1.165, 1.54) is 0 Å². The SMILES string of the molecule is CCC(C)(O)CNC1=CC(=O)CC1. The molecular weight excluding hydrogens is 166 g/mol. The number of carbonyl (C=O) groups is 1. The van der Waals surface area contributed by atoms with E-state index in [0.717, 1.165) is 12.1 Å². The second-order valence-corrected chi connectivity index (χ2v) is 3.84. The molecule has 0 heterocycles. The lowest BCUT2D eigenvalue weighted by Gasteiger charge is -2.22. The van der Waals surface area contributed by atoms with Gasteiger partial charge < -0.3 is 10.4 Å². The number of aliphatic hydroxyl groups is 1. The Balaban J connectivity index is 2.35. The normalized spacial score (nSPS) is 21.2. The van der Waals surface area contributed by atoms with Gasteiger partial charge in [0.1, 0.15) is 0 Å². The molecular formula is C10H17NO2.